The van der Waals surface area contributed by atoms with Crippen LogP contribution in [0.15, 0.2) is 60.7 Å². The van der Waals surface area contributed by atoms with Crippen molar-refractivity contribution in [3.8, 4) is 6.07 Å². The molecule has 162 valence electrons. The zero-order valence-electron chi connectivity index (χ0n) is 16.9. The molecule has 5 rings (SSSR count). The van der Waals surface area contributed by atoms with Crippen molar-refractivity contribution in [2.75, 3.05) is 4.90 Å². The number of hydrogen-bond donors (Lipinski definition) is 0. The summed E-state index contributed by atoms with van der Waals surface area (Å²) in [6.45, 7) is 1.72. The molecular formula is C24H17F3N2O3. The van der Waals surface area contributed by atoms with E-state index in [0.29, 0.717) is 12.5 Å². The Morgan fingerprint density at radius 3 is 2.41 bits per heavy atom. The molecule has 4 atom stereocenters. The Balaban J connectivity index is 1.57. The van der Waals surface area contributed by atoms with E-state index in [1.54, 1.807) is 19.1 Å². The number of benzene rings is 2. The van der Waals surface area contributed by atoms with Crippen LogP contribution in [0.1, 0.15) is 23.6 Å². The van der Waals surface area contributed by atoms with Crippen LogP contribution in [0.25, 0.3) is 0 Å². The Kier molecular flexibility index (Phi) is 4.18. The van der Waals surface area contributed by atoms with Crippen LogP contribution in [0.4, 0.5) is 18.9 Å². The van der Waals surface area contributed by atoms with Crippen LogP contribution in [-0.4, -0.2) is 23.0 Å². The quantitative estimate of drug-likeness (QED) is 0.536. The van der Waals surface area contributed by atoms with Crippen molar-refractivity contribution in [1.82, 2.24) is 0 Å². The second kappa shape index (κ2) is 6.53. The molecule has 5 nitrogen and oxygen atoms in total. The van der Waals surface area contributed by atoms with Crippen molar-refractivity contribution < 1.29 is 27.5 Å². The second-order valence-electron chi connectivity index (χ2n) is 8.54. The van der Waals surface area contributed by atoms with Crippen LogP contribution in [0.2, 0.25) is 0 Å². The van der Waals surface area contributed by atoms with Gasteiger partial charge in [-0.25, -0.2) is 4.90 Å². The molecule has 2 fully saturated rings. The number of rotatable bonds is 3. The van der Waals surface area contributed by atoms with Gasteiger partial charge in [0, 0.05) is 6.42 Å². The SMILES string of the molecule is CC12C=CC(Cc3ccccc3)(O1)[C@H]1C(=O)N(c3ccc(C#N)c(C(F)(F)F)c3)C(=O)[C@H]12. The predicted octanol–water partition coefficient (Wildman–Crippen LogP) is 4.02. The highest BCUT2D eigenvalue weighted by molar-refractivity contribution is 6.23. The van der Waals surface area contributed by atoms with Gasteiger partial charge in [0.15, 0.2) is 0 Å². The number of amides is 2. The van der Waals surface area contributed by atoms with E-state index in [-0.39, 0.29) is 5.69 Å². The molecule has 0 radical (unpaired) electrons. The molecule has 3 heterocycles. The van der Waals surface area contributed by atoms with E-state index in [0.717, 1.165) is 16.5 Å². The molecule has 2 saturated heterocycles. The molecule has 0 spiro atoms. The number of anilines is 1. The molecule has 0 aliphatic carbocycles. The first-order valence-corrected chi connectivity index (χ1v) is 10.0. The van der Waals surface area contributed by atoms with Gasteiger partial charge in [-0.3, -0.25) is 9.59 Å². The smallest absolute Gasteiger partial charge is 0.359 e. The third kappa shape index (κ3) is 2.74. The van der Waals surface area contributed by atoms with E-state index in [9.17, 15) is 22.8 Å². The summed E-state index contributed by atoms with van der Waals surface area (Å²) in [7, 11) is 0. The topological polar surface area (TPSA) is 70.4 Å². The molecule has 2 amide bonds. The van der Waals surface area contributed by atoms with Crippen LogP contribution in [0, 0.1) is 23.2 Å². The molecular weight excluding hydrogens is 421 g/mol. The lowest BCUT2D eigenvalue weighted by Crippen LogP contribution is -2.42. The van der Waals surface area contributed by atoms with E-state index in [1.807, 2.05) is 30.3 Å². The monoisotopic (exact) mass is 438 g/mol. The number of hydrogen-bond acceptors (Lipinski definition) is 4. The maximum atomic E-state index is 13.5. The Labute approximate surface area is 181 Å². The van der Waals surface area contributed by atoms with Gasteiger partial charge < -0.3 is 4.74 Å². The predicted molar refractivity (Wildman–Crippen MR) is 107 cm³/mol. The van der Waals surface area contributed by atoms with Crippen LogP contribution in [-0.2, 0) is 26.9 Å². The number of alkyl halides is 3. The van der Waals surface area contributed by atoms with Gasteiger partial charge in [-0.15, -0.1) is 0 Å². The number of halogens is 3. The van der Waals surface area contributed by atoms with Gasteiger partial charge >= 0.3 is 6.18 Å². The summed E-state index contributed by atoms with van der Waals surface area (Å²) < 4.78 is 46.6. The zero-order chi connectivity index (χ0) is 22.9. The fourth-order valence-electron chi connectivity index (χ4n) is 5.24. The second-order valence-corrected chi connectivity index (χ2v) is 8.54. The maximum Gasteiger partial charge on any atom is 0.417 e. The highest BCUT2D eigenvalue weighted by Gasteiger charge is 2.72. The van der Waals surface area contributed by atoms with Gasteiger partial charge in [0.05, 0.1) is 40.3 Å². The summed E-state index contributed by atoms with van der Waals surface area (Å²) in [6, 6.07) is 13.8. The van der Waals surface area contributed by atoms with Crippen LogP contribution >= 0.6 is 0 Å². The fraction of sp³-hybridized carbons (Fsp3) is 0.292. The Hall–Kier alpha value is -3.44. The van der Waals surface area contributed by atoms with Crippen molar-refractivity contribution >= 4 is 17.5 Å². The fourth-order valence-corrected chi connectivity index (χ4v) is 5.24. The molecule has 3 aliphatic heterocycles. The highest BCUT2D eigenvalue weighted by Crippen LogP contribution is 2.58. The summed E-state index contributed by atoms with van der Waals surface area (Å²) in [5, 5.41) is 9.04. The van der Waals surface area contributed by atoms with Gasteiger partial charge in [0.1, 0.15) is 5.60 Å². The van der Waals surface area contributed by atoms with Crippen molar-refractivity contribution in [3.63, 3.8) is 0 Å². The normalized spacial score (nSPS) is 30.7. The number of imide groups is 1. The number of carbonyl (C=O) groups excluding carboxylic acids is 2. The molecule has 2 bridgehead atoms. The third-order valence-corrected chi connectivity index (χ3v) is 6.57. The first kappa shape index (κ1) is 20.5. The van der Waals surface area contributed by atoms with E-state index >= 15 is 0 Å². The van der Waals surface area contributed by atoms with Crippen molar-refractivity contribution in [2.24, 2.45) is 11.8 Å². The Morgan fingerprint density at radius 2 is 1.75 bits per heavy atom. The van der Waals surface area contributed by atoms with Gasteiger partial charge in [-0.05, 0) is 30.7 Å². The molecule has 3 aliphatic rings. The lowest BCUT2D eigenvalue weighted by Gasteiger charge is -2.29. The summed E-state index contributed by atoms with van der Waals surface area (Å²) in [6.07, 6.45) is -0.871. The number of nitriles is 1. The number of carbonyl (C=O) groups is 2. The summed E-state index contributed by atoms with van der Waals surface area (Å²) >= 11 is 0. The third-order valence-electron chi connectivity index (χ3n) is 6.57. The van der Waals surface area contributed by atoms with Gasteiger partial charge in [0.2, 0.25) is 11.8 Å². The van der Waals surface area contributed by atoms with E-state index in [2.05, 4.69) is 0 Å². The lowest BCUT2D eigenvalue weighted by atomic mass is 9.70. The number of ether oxygens (including phenoxy) is 1. The average Bonchev–Trinajstić information content (AvgIpc) is 3.32. The van der Waals surface area contributed by atoms with Crippen molar-refractivity contribution in [2.45, 2.75) is 30.7 Å². The summed E-state index contributed by atoms with van der Waals surface area (Å²) in [5.41, 5.74) is -3.12. The van der Waals surface area contributed by atoms with Crippen LogP contribution in [0.3, 0.4) is 0 Å². The molecule has 0 aromatic heterocycles. The van der Waals surface area contributed by atoms with Crippen molar-refractivity contribution in [3.05, 3.63) is 77.4 Å². The number of nitrogens with zero attached hydrogens (tertiary/aromatic N) is 2. The minimum atomic E-state index is -4.80. The van der Waals surface area contributed by atoms with Crippen LogP contribution < -0.4 is 4.90 Å². The van der Waals surface area contributed by atoms with E-state index in [1.165, 1.54) is 12.1 Å². The van der Waals surface area contributed by atoms with E-state index in [4.69, 9.17) is 10.00 Å². The standard InChI is InChI=1S/C24H17F3N2O3/c1-22-9-10-23(32-22,12-14-5-3-2-4-6-14)19-18(22)20(30)29(21(19)31)16-8-7-15(13-28)17(11-16)24(25,26)27/h2-11,18-19H,12H2,1H3/t18-,19+,22?,23?/m0/s1. The van der Waals surface area contributed by atoms with E-state index < -0.39 is 52.2 Å². The minimum Gasteiger partial charge on any atom is -0.359 e. The zero-order valence-corrected chi connectivity index (χ0v) is 16.9. The maximum absolute atomic E-state index is 13.5. The summed E-state index contributed by atoms with van der Waals surface area (Å²) in [4.78, 5) is 27.7. The molecule has 0 saturated carbocycles. The average molecular weight is 438 g/mol. The van der Waals surface area contributed by atoms with Gasteiger partial charge in [-0.1, -0.05) is 42.5 Å². The van der Waals surface area contributed by atoms with Gasteiger partial charge in [0.25, 0.3) is 0 Å². The largest absolute Gasteiger partial charge is 0.417 e. The molecule has 8 heteroatoms. The van der Waals surface area contributed by atoms with Crippen molar-refractivity contribution in [1.29, 1.82) is 5.26 Å². The van der Waals surface area contributed by atoms with Gasteiger partial charge in [-0.2, -0.15) is 18.4 Å². The molecule has 32 heavy (non-hydrogen) atoms. The number of fused-ring (bicyclic) bond motifs is 5. The molecule has 2 aromatic carbocycles. The molecule has 2 unspecified atom stereocenters. The first-order chi connectivity index (χ1) is 15.1. The minimum absolute atomic E-state index is 0.196. The highest BCUT2D eigenvalue weighted by atomic mass is 19.4. The van der Waals surface area contributed by atoms with Crippen LogP contribution in [0.5, 0.6) is 0 Å². The lowest BCUT2D eigenvalue weighted by molar-refractivity contribution is -0.138. The first-order valence-electron chi connectivity index (χ1n) is 10.0. The molecule has 2 aromatic rings. The Bertz CT molecular complexity index is 1220. The Morgan fingerprint density at radius 1 is 1.06 bits per heavy atom. The summed E-state index contributed by atoms with van der Waals surface area (Å²) in [5.74, 6) is -2.88. The molecule has 0 N–H and O–H groups in total.